The standard InChI is InChI=1S/C17H30N4O.HI/c1-5-18-17(20-15-8-6-7-12(2)11-15)19-10-9-16-13(3)21-22-14(16)4;/h12,15H,5-11H2,1-4H3,(H2,18,19,20);1H. The Morgan fingerprint density at radius 3 is 2.74 bits per heavy atom. The maximum absolute atomic E-state index is 5.20. The molecule has 1 aliphatic carbocycles. The van der Waals surface area contributed by atoms with Crippen molar-refractivity contribution in [1.29, 1.82) is 0 Å². The van der Waals surface area contributed by atoms with Crippen molar-refractivity contribution < 1.29 is 4.52 Å². The summed E-state index contributed by atoms with van der Waals surface area (Å²) in [6.07, 6.45) is 6.04. The Balaban J connectivity index is 0.00000264. The maximum Gasteiger partial charge on any atom is 0.191 e. The van der Waals surface area contributed by atoms with Crippen LogP contribution in [0.15, 0.2) is 9.52 Å². The SMILES string of the molecule is CCNC(=NCCc1c(C)noc1C)NC1CCCC(C)C1.I. The second-order valence-electron chi connectivity index (χ2n) is 6.43. The van der Waals surface area contributed by atoms with Gasteiger partial charge in [0.25, 0.3) is 0 Å². The Morgan fingerprint density at radius 2 is 2.13 bits per heavy atom. The normalized spacial score (nSPS) is 21.7. The number of halogens is 1. The molecule has 5 nitrogen and oxygen atoms in total. The number of nitrogens with zero attached hydrogens (tertiary/aromatic N) is 2. The highest BCUT2D eigenvalue weighted by molar-refractivity contribution is 14.0. The zero-order valence-electron chi connectivity index (χ0n) is 14.8. The molecule has 1 saturated carbocycles. The Labute approximate surface area is 157 Å². The van der Waals surface area contributed by atoms with Crippen LogP contribution in [0.1, 0.15) is 56.5 Å². The second kappa shape index (κ2) is 10.2. The van der Waals surface area contributed by atoms with Gasteiger partial charge in [-0.3, -0.25) is 4.99 Å². The van der Waals surface area contributed by atoms with E-state index in [-0.39, 0.29) is 24.0 Å². The molecule has 1 fully saturated rings. The van der Waals surface area contributed by atoms with Gasteiger partial charge in [-0.1, -0.05) is 24.9 Å². The summed E-state index contributed by atoms with van der Waals surface area (Å²) in [5.41, 5.74) is 2.16. The first-order valence-electron chi connectivity index (χ1n) is 8.56. The summed E-state index contributed by atoms with van der Waals surface area (Å²) < 4.78 is 5.20. The predicted molar refractivity (Wildman–Crippen MR) is 106 cm³/mol. The van der Waals surface area contributed by atoms with Crippen LogP contribution in [0.2, 0.25) is 0 Å². The van der Waals surface area contributed by atoms with E-state index in [0.29, 0.717) is 6.04 Å². The molecule has 1 aromatic rings. The molecule has 6 heteroatoms. The molecule has 0 amide bonds. The zero-order chi connectivity index (χ0) is 15.9. The van der Waals surface area contributed by atoms with Crippen molar-refractivity contribution in [2.45, 2.75) is 65.8 Å². The molecule has 0 spiro atoms. The van der Waals surface area contributed by atoms with E-state index in [1.54, 1.807) is 0 Å². The van der Waals surface area contributed by atoms with Crippen molar-refractivity contribution in [3.63, 3.8) is 0 Å². The highest BCUT2D eigenvalue weighted by atomic mass is 127. The van der Waals surface area contributed by atoms with Gasteiger partial charge in [-0.15, -0.1) is 24.0 Å². The average molecular weight is 434 g/mol. The summed E-state index contributed by atoms with van der Waals surface area (Å²) in [5, 5.41) is 10.9. The van der Waals surface area contributed by atoms with Crippen LogP contribution in [-0.2, 0) is 6.42 Å². The molecule has 0 aromatic carbocycles. The second-order valence-corrected chi connectivity index (χ2v) is 6.43. The Kier molecular flexibility index (Phi) is 8.94. The first kappa shape index (κ1) is 20.3. The summed E-state index contributed by atoms with van der Waals surface area (Å²) in [7, 11) is 0. The Bertz CT molecular complexity index is 481. The van der Waals surface area contributed by atoms with Gasteiger partial charge < -0.3 is 15.2 Å². The average Bonchev–Trinajstić information content (AvgIpc) is 2.79. The third-order valence-electron chi connectivity index (χ3n) is 4.43. The van der Waals surface area contributed by atoms with Gasteiger partial charge in [-0.25, -0.2) is 0 Å². The van der Waals surface area contributed by atoms with Gasteiger partial charge in [0.2, 0.25) is 0 Å². The van der Waals surface area contributed by atoms with Crippen molar-refractivity contribution in [2.24, 2.45) is 10.9 Å². The molecule has 0 saturated heterocycles. The van der Waals surface area contributed by atoms with Crippen molar-refractivity contribution in [3.05, 3.63) is 17.0 Å². The van der Waals surface area contributed by atoms with Crippen LogP contribution < -0.4 is 10.6 Å². The Hall–Kier alpha value is -0.790. The van der Waals surface area contributed by atoms with Crippen LogP contribution in [-0.4, -0.2) is 30.2 Å². The molecule has 23 heavy (non-hydrogen) atoms. The number of aromatic nitrogens is 1. The molecule has 0 bridgehead atoms. The van der Waals surface area contributed by atoms with E-state index >= 15 is 0 Å². The van der Waals surface area contributed by atoms with Crippen molar-refractivity contribution in [2.75, 3.05) is 13.1 Å². The van der Waals surface area contributed by atoms with E-state index in [1.165, 1.54) is 31.2 Å². The van der Waals surface area contributed by atoms with Crippen LogP contribution in [0.4, 0.5) is 0 Å². The third-order valence-corrected chi connectivity index (χ3v) is 4.43. The van der Waals surface area contributed by atoms with E-state index in [1.807, 2.05) is 13.8 Å². The first-order valence-corrected chi connectivity index (χ1v) is 8.56. The molecule has 2 atom stereocenters. The van der Waals surface area contributed by atoms with E-state index in [0.717, 1.165) is 42.8 Å². The highest BCUT2D eigenvalue weighted by Crippen LogP contribution is 2.23. The topological polar surface area (TPSA) is 62.5 Å². The maximum atomic E-state index is 5.20. The molecular weight excluding hydrogens is 403 g/mol. The minimum absolute atomic E-state index is 0. The molecule has 132 valence electrons. The minimum atomic E-state index is 0. The Morgan fingerprint density at radius 1 is 1.35 bits per heavy atom. The quantitative estimate of drug-likeness (QED) is 0.423. The monoisotopic (exact) mass is 434 g/mol. The summed E-state index contributed by atoms with van der Waals surface area (Å²) in [5.74, 6) is 2.66. The lowest BCUT2D eigenvalue weighted by Gasteiger charge is -2.28. The van der Waals surface area contributed by atoms with Crippen molar-refractivity contribution >= 4 is 29.9 Å². The third kappa shape index (κ3) is 6.31. The number of aryl methyl sites for hydroxylation is 2. The lowest BCUT2D eigenvalue weighted by Crippen LogP contribution is -2.45. The lowest BCUT2D eigenvalue weighted by atomic mass is 9.87. The fourth-order valence-corrected chi connectivity index (χ4v) is 3.22. The molecular formula is C17H31IN4O. The molecule has 1 aliphatic rings. The molecule has 2 rings (SSSR count). The molecule has 0 radical (unpaired) electrons. The zero-order valence-corrected chi connectivity index (χ0v) is 17.1. The largest absolute Gasteiger partial charge is 0.361 e. The van der Waals surface area contributed by atoms with Gasteiger partial charge in [-0.2, -0.15) is 0 Å². The van der Waals surface area contributed by atoms with Gasteiger partial charge in [0.1, 0.15) is 5.76 Å². The van der Waals surface area contributed by atoms with Gasteiger partial charge in [-0.05, 0) is 46.0 Å². The minimum Gasteiger partial charge on any atom is -0.361 e. The number of aliphatic imine (C=N–C) groups is 1. The molecule has 2 N–H and O–H groups in total. The van der Waals surface area contributed by atoms with E-state index in [2.05, 4.69) is 29.6 Å². The molecule has 1 heterocycles. The van der Waals surface area contributed by atoms with E-state index in [4.69, 9.17) is 9.52 Å². The van der Waals surface area contributed by atoms with E-state index in [9.17, 15) is 0 Å². The number of hydrogen-bond acceptors (Lipinski definition) is 3. The van der Waals surface area contributed by atoms with Crippen LogP contribution in [0.25, 0.3) is 0 Å². The number of rotatable bonds is 5. The number of guanidine groups is 1. The van der Waals surface area contributed by atoms with Crippen molar-refractivity contribution in [3.8, 4) is 0 Å². The van der Waals surface area contributed by atoms with E-state index < -0.39 is 0 Å². The van der Waals surface area contributed by atoms with Crippen LogP contribution in [0, 0.1) is 19.8 Å². The number of hydrogen-bond donors (Lipinski definition) is 2. The summed E-state index contributed by atoms with van der Waals surface area (Å²) in [6.45, 7) is 10.0. The molecule has 1 aromatic heterocycles. The molecule has 0 aliphatic heterocycles. The van der Waals surface area contributed by atoms with Crippen molar-refractivity contribution in [1.82, 2.24) is 15.8 Å². The first-order chi connectivity index (χ1) is 10.6. The van der Waals surface area contributed by atoms with Gasteiger partial charge in [0.05, 0.1) is 5.69 Å². The number of nitrogens with one attached hydrogen (secondary N) is 2. The molecule has 2 unspecified atom stereocenters. The highest BCUT2D eigenvalue weighted by Gasteiger charge is 2.19. The van der Waals surface area contributed by atoms with Gasteiger partial charge >= 0.3 is 0 Å². The smallest absolute Gasteiger partial charge is 0.191 e. The lowest BCUT2D eigenvalue weighted by molar-refractivity contribution is 0.324. The fraction of sp³-hybridized carbons (Fsp3) is 0.765. The summed E-state index contributed by atoms with van der Waals surface area (Å²) >= 11 is 0. The predicted octanol–water partition coefficient (Wildman–Crippen LogP) is 3.59. The summed E-state index contributed by atoms with van der Waals surface area (Å²) in [4.78, 5) is 4.71. The van der Waals surface area contributed by atoms with Crippen LogP contribution in [0.3, 0.4) is 0 Å². The summed E-state index contributed by atoms with van der Waals surface area (Å²) in [6, 6.07) is 0.556. The van der Waals surface area contributed by atoms with Crippen LogP contribution >= 0.6 is 24.0 Å². The van der Waals surface area contributed by atoms with Gasteiger partial charge in [0, 0.05) is 24.7 Å². The van der Waals surface area contributed by atoms with Gasteiger partial charge in [0.15, 0.2) is 5.96 Å². The fourth-order valence-electron chi connectivity index (χ4n) is 3.22. The van der Waals surface area contributed by atoms with Crippen LogP contribution in [0.5, 0.6) is 0 Å².